The van der Waals surface area contributed by atoms with Crippen LogP contribution in [-0.2, 0) is 4.79 Å². The third-order valence-corrected chi connectivity index (χ3v) is 1.51. The van der Waals surface area contributed by atoms with Crippen LogP contribution in [0, 0.1) is 5.41 Å². The van der Waals surface area contributed by atoms with E-state index in [1.165, 1.54) is 0 Å². The van der Waals surface area contributed by atoms with Crippen LogP contribution in [0.5, 0.6) is 0 Å². The summed E-state index contributed by atoms with van der Waals surface area (Å²) in [4.78, 5) is 11.0. The van der Waals surface area contributed by atoms with Crippen LogP contribution in [0.25, 0.3) is 0 Å². The van der Waals surface area contributed by atoms with Gasteiger partial charge in [0.25, 0.3) is 0 Å². The monoisotopic (exact) mass is 122 g/mol. The highest BCUT2D eigenvalue weighted by molar-refractivity contribution is 5.96. The Hall–Kier alpha value is -0.850. The van der Waals surface area contributed by atoms with Crippen molar-refractivity contribution in [3.05, 3.63) is 24.3 Å². The van der Waals surface area contributed by atoms with Crippen LogP contribution in [0.3, 0.4) is 0 Å². The zero-order valence-corrected chi connectivity index (χ0v) is 5.72. The topological polar surface area (TPSA) is 17.1 Å². The van der Waals surface area contributed by atoms with Crippen molar-refractivity contribution in [1.82, 2.24) is 0 Å². The minimum atomic E-state index is -0.269. The van der Waals surface area contributed by atoms with Crippen LogP contribution in [-0.4, -0.2) is 5.78 Å². The highest BCUT2D eigenvalue weighted by Gasteiger charge is 2.22. The Morgan fingerprint density at radius 3 is 2.33 bits per heavy atom. The number of allylic oxidation sites excluding steroid dienone is 4. The molecule has 0 amide bonds. The van der Waals surface area contributed by atoms with Gasteiger partial charge in [0.05, 0.1) is 0 Å². The van der Waals surface area contributed by atoms with Crippen molar-refractivity contribution in [2.75, 3.05) is 0 Å². The van der Waals surface area contributed by atoms with Gasteiger partial charge >= 0.3 is 0 Å². The predicted molar refractivity (Wildman–Crippen MR) is 37.1 cm³/mol. The van der Waals surface area contributed by atoms with Gasteiger partial charge in [-0.05, 0) is 19.9 Å². The number of hydrogen-bond donors (Lipinski definition) is 0. The molecule has 0 saturated heterocycles. The van der Waals surface area contributed by atoms with Crippen LogP contribution in [0.4, 0.5) is 0 Å². The molecular weight excluding hydrogens is 112 g/mol. The molecule has 1 nitrogen and oxygen atoms in total. The predicted octanol–water partition coefficient (Wildman–Crippen LogP) is 1.71. The largest absolute Gasteiger partial charge is 0.294 e. The van der Waals surface area contributed by atoms with Gasteiger partial charge in [-0.1, -0.05) is 18.2 Å². The average molecular weight is 122 g/mol. The second-order valence-electron chi connectivity index (χ2n) is 2.80. The summed E-state index contributed by atoms with van der Waals surface area (Å²) in [5.74, 6) is 0.185. The van der Waals surface area contributed by atoms with Crippen molar-refractivity contribution in [3.63, 3.8) is 0 Å². The normalized spacial score (nSPS) is 22.7. The smallest absolute Gasteiger partial charge is 0.165 e. The molecule has 1 heteroatoms. The number of rotatable bonds is 0. The van der Waals surface area contributed by atoms with Crippen molar-refractivity contribution in [2.24, 2.45) is 5.41 Å². The first kappa shape index (κ1) is 6.27. The molecule has 0 aromatic heterocycles. The Morgan fingerprint density at radius 1 is 1.33 bits per heavy atom. The molecule has 0 aromatic rings. The number of carbonyl (C=O) groups is 1. The molecule has 0 radical (unpaired) electrons. The van der Waals surface area contributed by atoms with Gasteiger partial charge in [-0.3, -0.25) is 4.79 Å². The molecule has 0 aliphatic heterocycles. The highest BCUT2D eigenvalue weighted by atomic mass is 16.1. The van der Waals surface area contributed by atoms with Crippen molar-refractivity contribution in [3.8, 4) is 0 Å². The molecular formula is C8H10O. The van der Waals surface area contributed by atoms with Crippen molar-refractivity contribution in [1.29, 1.82) is 0 Å². The van der Waals surface area contributed by atoms with Crippen LogP contribution in [0.1, 0.15) is 13.8 Å². The van der Waals surface area contributed by atoms with E-state index in [2.05, 4.69) is 0 Å². The van der Waals surface area contributed by atoms with E-state index in [1.807, 2.05) is 26.0 Å². The molecule has 0 N–H and O–H groups in total. The Morgan fingerprint density at radius 2 is 2.00 bits per heavy atom. The molecule has 1 aliphatic carbocycles. The van der Waals surface area contributed by atoms with Gasteiger partial charge in [0, 0.05) is 5.41 Å². The summed E-state index contributed by atoms with van der Waals surface area (Å²) in [5.41, 5.74) is -0.269. The fourth-order valence-corrected chi connectivity index (χ4v) is 0.736. The molecule has 0 atom stereocenters. The average Bonchev–Trinajstić information content (AvgIpc) is 1.77. The maximum atomic E-state index is 11.0. The Labute approximate surface area is 55.1 Å². The summed E-state index contributed by atoms with van der Waals surface area (Å²) in [6.45, 7) is 3.82. The Kier molecular flexibility index (Phi) is 1.28. The van der Waals surface area contributed by atoms with E-state index in [0.717, 1.165) is 0 Å². The summed E-state index contributed by atoms with van der Waals surface area (Å²) < 4.78 is 0. The first-order chi connectivity index (χ1) is 4.13. The van der Waals surface area contributed by atoms with Crippen LogP contribution >= 0.6 is 0 Å². The number of hydrogen-bond acceptors (Lipinski definition) is 1. The Balaban J connectivity index is 2.91. The number of carbonyl (C=O) groups excluding carboxylic acids is 1. The second-order valence-corrected chi connectivity index (χ2v) is 2.80. The van der Waals surface area contributed by atoms with E-state index in [0.29, 0.717) is 0 Å². The van der Waals surface area contributed by atoms with E-state index in [9.17, 15) is 4.79 Å². The highest BCUT2D eigenvalue weighted by Crippen LogP contribution is 2.21. The van der Waals surface area contributed by atoms with E-state index in [1.54, 1.807) is 12.2 Å². The summed E-state index contributed by atoms with van der Waals surface area (Å²) in [6, 6.07) is 0. The van der Waals surface area contributed by atoms with E-state index >= 15 is 0 Å². The summed E-state index contributed by atoms with van der Waals surface area (Å²) in [5, 5.41) is 0. The van der Waals surface area contributed by atoms with Gasteiger partial charge < -0.3 is 0 Å². The van der Waals surface area contributed by atoms with E-state index in [-0.39, 0.29) is 11.2 Å². The first-order valence-electron chi connectivity index (χ1n) is 3.03. The van der Waals surface area contributed by atoms with E-state index in [4.69, 9.17) is 0 Å². The summed E-state index contributed by atoms with van der Waals surface area (Å²) in [7, 11) is 0. The van der Waals surface area contributed by atoms with Crippen molar-refractivity contribution < 1.29 is 4.79 Å². The zero-order valence-electron chi connectivity index (χ0n) is 5.72. The quantitative estimate of drug-likeness (QED) is 0.478. The van der Waals surface area contributed by atoms with Gasteiger partial charge in [0.1, 0.15) is 0 Å². The Bertz CT molecular complexity index is 185. The molecule has 0 saturated carbocycles. The molecule has 0 heterocycles. The van der Waals surface area contributed by atoms with Crippen molar-refractivity contribution >= 4 is 5.78 Å². The maximum Gasteiger partial charge on any atom is 0.165 e. The van der Waals surface area contributed by atoms with Crippen LogP contribution in [0.2, 0.25) is 0 Å². The minimum absolute atomic E-state index is 0.185. The molecule has 0 unspecified atom stereocenters. The summed E-state index contributed by atoms with van der Waals surface area (Å²) in [6.07, 6.45) is 7.20. The van der Waals surface area contributed by atoms with Gasteiger partial charge in [0.2, 0.25) is 0 Å². The number of ketones is 1. The maximum absolute atomic E-state index is 11.0. The standard InChI is InChI=1S/C8H10O/c1-8(2)6-4-3-5-7(8)9/h3-6H,1-2H3. The molecule has 48 valence electrons. The molecule has 0 bridgehead atoms. The zero-order chi connectivity index (χ0) is 6.91. The SMILES string of the molecule is CC1(C)C=CC=CC1=O. The first-order valence-corrected chi connectivity index (χ1v) is 3.03. The van der Waals surface area contributed by atoms with Crippen molar-refractivity contribution in [2.45, 2.75) is 13.8 Å². The lowest BCUT2D eigenvalue weighted by Crippen LogP contribution is -2.20. The lowest BCUT2D eigenvalue weighted by molar-refractivity contribution is -0.120. The molecule has 1 aliphatic rings. The van der Waals surface area contributed by atoms with E-state index < -0.39 is 0 Å². The van der Waals surface area contributed by atoms with Gasteiger partial charge in [-0.15, -0.1) is 0 Å². The third-order valence-electron chi connectivity index (χ3n) is 1.51. The second kappa shape index (κ2) is 1.83. The minimum Gasteiger partial charge on any atom is -0.294 e. The third kappa shape index (κ3) is 1.10. The van der Waals surface area contributed by atoms with Gasteiger partial charge in [-0.25, -0.2) is 0 Å². The van der Waals surface area contributed by atoms with Gasteiger partial charge in [-0.2, -0.15) is 0 Å². The molecule has 0 fully saturated rings. The molecule has 1 rings (SSSR count). The van der Waals surface area contributed by atoms with Crippen LogP contribution in [0.15, 0.2) is 24.3 Å². The lowest BCUT2D eigenvalue weighted by Gasteiger charge is -2.17. The summed E-state index contributed by atoms with van der Waals surface area (Å²) >= 11 is 0. The fraction of sp³-hybridized carbons (Fsp3) is 0.375. The van der Waals surface area contributed by atoms with Gasteiger partial charge in [0.15, 0.2) is 5.78 Å². The molecule has 0 spiro atoms. The lowest BCUT2D eigenvalue weighted by atomic mass is 9.85. The fourth-order valence-electron chi connectivity index (χ4n) is 0.736. The van der Waals surface area contributed by atoms with Crippen LogP contribution < -0.4 is 0 Å². The molecule has 9 heavy (non-hydrogen) atoms. The molecule has 0 aromatic carbocycles.